The van der Waals surface area contributed by atoms with Crippen molar-refractivity contribution in [2.24, 2.45) is 0 Å². The van der Waals surface area contributed by atoms with Gasteiger partial charge in [0.2, 0.25) is 0 Å². The van der Waals surface area contributed by atoms with Crippen molar-refractivity contribution >= 4 is 18.3 Å². The Morgan fingerprint density at radius 3 is 2.26 bits per heavy atom. The molecule has 1 N–H and O–H groups in total. The van der Waals surface area contributed by atoms with Crippen LogP contribution in [0.2, 0.25) is 0 Å². The van der Waals surface area contributed by atoms with Crippen LogP contribution in [0.5, 0.6) is 0 Å². The van der Waals surface area contributed by atoms with E-state index in [0.717, 1.165) is 0 Å². The predicted molar refractivity (Wildman–Crippen MR) is 69.4 cm³/mol. The van der Waals surface area contributed by atoms with E-state index in [9.17, 15) is 14.9 Å². The lowest BCUT2D eigenvalue weighted by Crippen LogP contribution is -2.41. The predicted octanol–water partition coefficient (Wildman–Crippen LogP) is 0.582. The first-order valence-electron chi connectivity index (χ1n) is 5.87. The molecule has 1 saturated heterocycles. The number of nitro groups is 1. The average molecular weight is 266 g/mol. The van der Waals surface area contributed by atoms with Crippen LogP contribution in [0.3, 0.4) is 0 Å². The van der Waals surface area contributed by atoms with Gasteiger partial charge in [0, 0.05) is 17.7 Å². The monoisotopic (exact) mass is 266 g/mol. The molecule has 0 aromatic carbocycles. The molecule has 0 bridgehead atoms. The van der Waals surface area contributed by atoms with Crippen molar-refractivity contribution in [3.63, 3.8) is 0 Å². The van der Waals surface area contributed by atoms with E-state index in [0.29, 0.717) is 5.46 Å². The molecular weight excluding hydrogens is 251 g/mol. The third kappa shape index (κ3) is 2.28. The molecule has 1 fully saturated rings. The lowest BCUT2D eigenvalue weighted by atomic mass is 9.80. The third-order valence-electron chi connectivity index (χ3n) is 3.63. The van der Waals surface area contributed by atoms with Gasteiger partial charge in [-0.15, -0.1) is 0 Å². The second-order valence-electron chi connectivity index (χ2n) is 5.49. The van der Waals surface area contributed by atoms with Gasteiger partial charge in [-0.2, -0.15) is 0 Å². The van der Waals surface area contributed by atoms with Crippen LogP contribution in [0, 0.1) is 10.1 Å². The highest BCUT2D eigenvalue weighted by Crippen LogP contribution is 2.36. The van der Waals surface area contributed by atoms with Crippen LogP contribution in [-0.2, 0) is 9.31 Å². The number of H-pyrrole nitrogens is 1. The summed E-state index contributed by atoms with van der Waals surface area (Å²) in [4.78, 5) is 23.6. The van der Waals surface area contributed by atoms with E-state index in [1.807, 2.05) is 27.7 Å². The zero-order valence-electron chi connectivity index (χ0n) is 11.2. The highest BCUT2D eigenvalue weighted by atomic mass is 16.7. The molecule has 0 radical (unpaired) electrons. The maximum absolute atomic E-state index is 11.3. The lowest BCUT2D eigenvalue weighted by molar-refractivity contribution is -0.386. The van der Waals surface area contributed by atoms with E-state index < -0.39 is 34.5 Å². The van der Waals surface area contributed by atoms with Crippen LogP contribution < -0.4 is 11.0 Å². The van der Waals surface area contributed by atoms with Gasteiger partial charge in [-0.1, -0.05) is 0 Å². The van der Waals surface area contributed by atoms with Crippen molar-refractivity contribution in [1.82, 2.24) is 4.98 Å². The summed E-state index contributed by atoms with van der Waals surface area (Å²) in [5.74, 6) is 0. The minimum absolute atomic E-state index is 0.421. The van der Waals surface area contributed by atoms with Gasteiger partial charge < -0.3 is 14.3 Å². The van der Waals surface area contributed by atoms with E-state index in [1.54, 1.807) is 0 Å². The van der Waals surface area contributed by atoms with Crippen molar-refractivity contribution in [2.75, 3.05) is 0 Å². The molecule has 2 heterocycles. The van der Waals surface area contributed by atoms with Crippen LogP contribution in [0.4, 0.5) is 5.69 Å². The number of rotatable bonds is 2. The minimum Gasteiger partial charge on any atom is -0.399 e. The van der Waals surface area contributed by atoms with Gasteiger partial charge in [0.1, 0.15) is 0 Å². The first-order valence-corrected chi connectivity index (χ1v) is 5.87. The fourth-order valence-corrected chi connectivity index (χ4v) is 1.74. The molecule has 2 rings (SSSR count). The van der Waals surface area contributed by atoms with Crippen LogP contribution in [0.15, 0.2) is 17.1 Å². The van der Waals surface area contributed by atoms with Gasteiger partial charge in [0.25, 0.3) is 0 Å². The SMILES string of the molecule is CC1(C)OB(c2c[nH]c(=O)c([N+](=O)[O-])c2)OC1(C)C. The zero-order valence-corrected chi connectivity index (χ0v) is 11.2. The van der Waals surface area contributed by atoms with Gasteiger partial charge in [-0.3, -0.25) is 14.9 Å². The summed E-state index contributed by atoms with van der Waals surface area (Å²) in [6.07, 6.45) is 1.37. The second kappa shape index (κ2) is 4.17. The summed E-state index contributed by atoms with van der Waals surface area (Å²) < 4.78 is 11.5. The zero-order chi connectivity index (χ0) is 14.4. The molecule has 0 unspecified atom stereocenters. The minimum atomic E-state index is -0.745. The summed E-state index contributed by atoms with van der Waals surface area (Å²) in [5, 5.41) is 10.7. The third-order valence-corrected chi connectivity index (χ3v) is 3.63. The highest BCUT2D eigenvalue weighted by molar-refractivity contribution is 6.62. The maximum atomic E-state index is 11.3. The van der Waals surface area contributed by atoms with Crippen LogP contribution >= 0.6 is 0 Å². The molecule has 1 aromatic rings. The quantitative estimate of drug-likeness (QED) is 0.480. The Labute approximate surface area is 110 Å². The standard InChI is InChI=1S/C11H15BN2O5/c1-10(2)11(3,4)19-12(18-10)7-5-8(14(16)17)9(15)13-6-7/h5-6H,1-4H3,(H,13,15). The fourth-order valence-electron chi connectivity index (χ4n) is 1.74. The van der Waals surface area contributed by atoms with Crippen LogP contribution in [-0.4, -0.2) is 28.2 Å². The first kappa shape index (κ1) is 13.8. The van der Waals surface area contributed by atoms with Crippen LogP contribution in [0.25, 0.3) is 0 Å². The van der Waals surface area contributed by atoms with Crippen molar-refractivity contribution < 1.29 is 14.2 Å². The molecule has 19 heavy (non-hydrogen) atoms. The summed E-state index contributed by atoms with van der Waals surface area (Å²) >= 11 is 0. The van der Waals surface area contributed by atoms with E-state index >= 15 is 0 Å². The van der Waals surface area contributed by atoms with Gasteiger partial charge in [0.05, 0.1) is 16.1 Å². The average Bonchev–Trinajstić information content (AvgIpc) is 2.48. The topological polar surface area (TPSA) is 94.5 Å². The Hall–Kier alpha value is -1.67. The van der Waals surface area contributed by atoms with Crippen molar-refractivity contribution in [2.45, 2.75) is 38.9 Å². The summed E-state index contributed by atoms with van der Waals surface area (Å²) in [5.41, 5.74) is -1.92. The Bertz CT molecular complexity index is 565. The molecule has 1 aromatic heterocycles. The molecule has 8 heteroatoms. The van der Waals surface area contributed by atoms with Crippen molar-refractivity contribution in [1.29, 1.82) is 0 Å². The fraction of sp³-hybridized carbons (Fsp3) is 0.545. The van der Waals surface area contributed by atoms with Crippen molar-refractivity contribution in [3.05, 3.63) is 32.7 Å². The van der Waals surface area contributed by atoms with Gasteiger partial charge in [0.15, 0.2) is 0 Å². The first-order chi connectivity index (χ1) is 8.64. The molecule has 0 amide bonds. The molecule has 0 aliphatic carbocycles. The molecule has 1 aliphatic rings. The van der Waals surface area contributed by atoms with Gasteiger partial charge in [-0.05, 0) is 27.7 Å². The molecule has 0 saturated carbocycles. The van der Waals surface area contributed by atoms with Crippen molar-refractivity contribution in [3.8, 4) is 0 Å². The molecule has 102 valence electrons. The number of aromatic nitrogens is 1. The molecule has 0 atom stereocenters. The number of hydrogen-bond acceptors (Lipinski definition) is 5. The van der Waals surface area contributed by atoms with Crippen LogP contribution in [0.1, 0.15) is 27.7 Å². The number of hydrogen-bond donors (Lipinski definition) is 1. The highest BCUT2D eigenvalue weighted by Gasteiger charge is 2.52. The van der Waals surface area contributed by atoms with E-state index in [2.05, 4.69) is 4.98 Å². The summed E-state index contributed by atoms with van der Waals surface area (Å²) in [6.45, 7) is 7.53. The smallest absolute Gasteiger partial charge is 0.399 e. The maximum Gasteiger partial charge on any atom is 0.496 e. The number of nitrogens with one attached hydrogen (secondary N) is 1. The van der Waals surface area contributed by atoms with Gasteiger partial charge >= 0.3 is 18.4 Å². The summed E-state index contributed by atoms with van der Waals surface area (Å²) in [7, 11) is -0.736. The Balaban J connectivity index is 2.38. The number of aromatic amines is 1. The summed E-state index contributed by atoms with van der Waals surface area (Å²) in [6, 6.07) is 1.18. The second-order valence-corrected chi connectivity index (χ2v) is 5.49. The lowest BCUT2D eigenvalue weighted by Gasteiger charge is -2.32. The Morgan fingerprint density at radius 1 is 1.26 bits per heavy atom. The largest absolute Gasteiger partial charge is 0.496 e. The number of nitrogens with zero attached hydrogens (tertiary/aromatic N) is 1. The number of pyridine rings is 1. The van der Waals surface area contributed by atoms with E-state index in [4.69, 9.17) is 9.31 Å². The van der Waals surface area contributed by atoms with Gasteiger partial charge in [-0.25, -0.2) is 0 Å². The molecule has 7 nitrogen and oxygen atoms in total. The molecule has 0 spiro atoms. The Morgan fingerprint density at radius 2 is 1.79 bits per heavy atom. The Kier molecular flexibility index (Phi) is 3.02. The van der Waals surface area contributed by atoms with E-state index in [-0.39, 0.29) is 0 Å². The normalized spacial score (nSPS) is 20.5. The van der Waals surface area contributed by atoms with E-state index in [1.165, 1.54) is 12.3 Å². The molecule has 1 aliphatic heterocycles. The molecular formula is C11H15BN2O5.